The van der Waals surface area contributed by atoms with Crippen LogP contribution in [0.2, 0.25) is 0 Å². The second-order valence-electron chi connectivity index (χ2n) is 6.48. The topological polar surface area (TPSA) is 87.9 Å². The maximum atomic E-state index is 12.0. The molecule has 0 radical (unpaired) electrons. The Morgan fingerprint density at radius 3 is 2.75 bits per heavy atom. The Morgan fingerprint density at radius 1 is 1.21 bits per heavy atom. The van der Waals surface area contributed by atoms with E-state index in [0.29, 0.717) is 23.7 Å². The summed E-state index contributed by atoms with van der Waals surface area (Å²) in [6, 6.07) is 8.75. The molecule has 1 unspecified atom stereocenters. The second-order valence-corrected chi connectivity index (χ2v) is 7.85. The first-order valence-electron chi connectivity index (χ1n) is 9.15. The maximum absolute atomic E-state index is 12.0. The van der Waals surface area contributed by atoms with Crippen molar-refractivity contribution < 1.29 is 23.3 Å². The van der Waals surface area contributed by atoms with Crippen LogP contribution in [-0.4, -0.2) is 28.8 Å². The molecule has 150 valence electrons. The summed E-state index contributed by atoms with van der Waals surface area (Å²) in [5, 5.41) is 11.2. The summed E-state index contributed by atoms with van der Waals surface area (Å²) in [4.78, 5) is 11.4. The molecule has 0 saturated carbocycles. The van der Waals surface area contributed by atoms with Crippen molar-refractivity contribution in [3.05, 3.63) is 51.6 Å². The van der Waals surface area contributed by atoms with E-state index >= 15 is 0 Å². The number of nitrogens with zero attached hydrogens (tertiary/aromatic N) is 1. The van der Waals surface area contributed by atoms with Gasteiger partial charge in [0.15, 0.2) is 11.7 Å². The molecule has 0 aliphatic carbocycles. The van der Waals surface area contributed by atoms with E-state index in [0.717, 1.165) is 36.1 Å². The van der Waals surface area contributed by atoms with E-state index < -0.39 is 15.7 Å². The average molecular weight is 405 g/mol. The zero-order valence-corrected chi connectivity index (χ0v) is 16.8. The summed E-state index contributed by atoms with van der Waals surface area (Å²) in [7, 11) is 0.274. The van der Waals surface area contributed by atoms with Crippen LogP contribution in [0.25, 0.3) is 0 Å². The number of nitro groups is 1. The lowest BCUT2D eigenvalue weighted by Gasteiger charge is -2.13. The van der Waals surface area contributed by atoms with Gasteiger partial charge in [0, 0.05) is 12.1 Å². The third kappa shape index (κ3) is 4.44. The number of hydrogen-bond donors (Lipinski definition) is 0. The van der Waals surface area contributed by atoms with Crippen molar-refractivity contribution in [2.75, 3.05) is 19.7 Å². The number of fused-ring (bicyclic) bond motifs is 1. The van der Waals surface area contributed by atoms with Crippen LogP contribution >= 0.6 is 0 Å². The Bertz CT molecular complexity index is 899. The van der Waals surface area contributed by atoms with Crippen molar-refractivity contribution in [1.82, 2.24) is 0 Å². The lowest BCUT2D eigenvalue weighted by molar-refractivity contribution is -0.385. The van der Waals surface area contributed by atoms with Gasteiger partial charge in [-0.25, -0.2) is 0 Å². The Labute approximate surface area is 166 Å². The molecule has 1 aliphatic rings. The van der Waals surface area contributed by atoms with Crippen LogP contribution in [0.4, 0.5) is 5.69 Å². The molecular weight excluding hydrogens is 382 g/mol. The highest BCUT2D eigenvalue weighted by Gasteiger charge is 2.23. The van der Waals surface area contributed by atoms with Gasteiger partial charge in [-0.05, 0) is 48.9 Å². The molecule has 0 N–H and O–H groups in total. The Morgan fingerprint density at radius 2 is 2.04 bits per heavy atom. The third-order valence-corrected chi connectivity index (χ3v) is 5.65. The zero-order chi connectivity index (χ0) is 20.1. The highest BCUT2D eigenvalue weighted by atomic mass is 32.2. The normalized spacial score (nSPS) is 15.0. The van der Waals surface area contributed by atoms with Crippen LogP contribution in [0.1, 0.15) is 30.9 Å². The fourth-order valence-corrected chi connectivity index (χ4v) is 4.05. The molecule has 1 atom stereocenters. The van der Waals surface area contributed by atoms with Crippen LogP contribution in [0, 0.1) is 10.1 Å². The highest BCUT2D eigenvalue weighted by molar-refractivity contribution is 7.85. The van der Waals surface area contributed by atoms with Gasteiger partial charge in [-0.2, -0.15) is 0 Å². The van der Waals surface area contributed by atoms with Crippen molar-refractivity contribution >= 4 is 16.5 Å². The van der Waals surface area contributed by atoms with E-state index in [9.17, 15) is 14.3 Å². The van der Waals surface area contributed by atoms with Gasteiger partial charge in [0.2, 0.25) is 0 Å². The van der Waals surface area contributed by atoms with E-state index in [-0.39, 0.29) is 17.4 Å². The van der Waals surface area contributed by atoms with Gasteiger partial charge in [-0.1, -0.05) is 13.0 Å². The van der Waals surface area contributed by atoms with E-state index in [4.69, 9.17) is 14.2 Å². The summed E-state index contributed by atoms with van der Waals surface area (Å²) >= 11 is 0. The van der Waals surface area contributed by atoms with Crippen molar-refractivity contribution in [2.45, 2.75) is 37.5 Å². The Hall–Kier alpha value is -2.61. The minimum Gasteiger partial charge on any atom is -0.493 e. The Balaban J connectivity index is 1.73. The molecule has 7 nitrogen and oxygen atoms in total. The number of nitro benzene ring substituents is 1. The monoisotopic (exact) mass is 405 g/mol. The molecule has 1 heterocycles. The van der Waals surface area contributed by atoms with Gasteiger partial charge in [0.25, 0.3) is 0 Å². The Kier molecular flexibility index (Phi) is 6.51. The molecule has 28 heavy (non-hydrogen) atoms. The van der Waals surface area contributed by atoms with E-state index in [2.05, 4.69) is 0 Å². The molecule has 2 aromatic carbocycles. The van der Waals surface area contributed by atoms with Crippen LogP contribution in [-0.2, 0) is 23.6 Å². The molecule has 0 saturated heterocycles. The number of methoxy groups -OCH3 is 1. The molecule has 2 aromatic rings. The fraction of sp³-hybridized carbons (Fsp3) is 0.400. The van der Waals surface area contributed by atoms with Crippen LogP contribution in [0.15, 0.2) is 35.2 Å². The van der Waals surface area contributed by atoms with Gasteiger partial charge in [0.1, 0.15) is 11.5 Å². The molecule has 0 fully saturated rings. The second kappa shape index (κ2) is 9.05. The van der Waals surface area contributed by atoms with Crippen molar-refractivity contribution in [2.24, 2.45) is 0 Å². The molecule has 0 aromatic heterocycles. The molecule has 0 amide bonds. The number of rotatable bonds is 9. The van der Waals surface area contributed by atoms with Crippen molar-refractivity contribution in [3.8, 4) is 17.2 Å². The van der Waals surface area contributed by atoms with Gasteiger partial charge in [-0.15, -0.1) is 0 Å². The van der Waals surface area contributed by atoms with Crippen LogP contribution in [0.5, 0.6) is 17.2 Å². The predicted octanol–water partition coefficient (Wildman–Crippen LogP) is 4.03. The third-order valence-electron chi connectivity index (χ3n) is 4.51. The first-order chi connectivity index (χ1) is 13.5. The number of aryl methyl sites for hydroxylation is 2. The van der Waals surface area contributed by atoms with E-state index in [1.807, 2.05) is 25.1 Å². The lowest BCUT2D eigenvalue weighted by atomic mass is 10.0. The lowest BCUT2D eigenvalue weighted by Crippen LogP contribution is -2.01. The van der Waals surface area contributed by atoms with E-state index in [1.54, 1.807) is 12.1 Å². The molecule has 1 aliphatic heterocycles. The van der Waals surface area contributed by atoms with Gasteiger partial charge < -0.3 is 14.2 Å². The molecule has 3 rings (SSSR count). The average Bonchev–Trinajstić information content (AvgIpc) is 3.05. The largest absolute Gasteiger partial charge is 0.493 e. The first-order valence-corrected chi connectivity index (χ1v) is 10.5. The smallest absolute Gasteiger partial charge is 0.311 e. The quantitative estimate of drug-likeness (QED) is 0.462. The molecule has 0 spiro atoms. The summed E-state index contributed by atoms with van der Waals surface area (Å²) in [6.07, 6.45) is 3.07. The molecule has 0 bridgehead atoms. The fourth-order valence-electron chi connectivity index (χ4n) is 3.11. The van der Waals surface area contributed by atoms with Crippen molar-refractivity contribution in [3.63, 3.8) is 0 Å². The number of ether oxygens (including phenoxy) is 3. The molecular formula is C20H23NO6S. The number of benzene rings is 2. The van der Waals surface area contributed by atoms with Crippen LogP contribution < -0.4 is 14.2 Å². The summed E-state index contributed by atoms with van der Waals surface area (Å²) < 4.78 is 28.4. The SMILES string of the molecule is CCCOc1cc2c(cc1CCCc1ccc(OC)c([N+](=O)[O-])c1)OCS2=O. The highest BCUT2D eigenvalue weighted by Crippen LogP contribution is 2.36. The first kappa shape index (κ1) is 20.1. The van der Waals surface area contributed by atoms with Crippen molar-refractivity contribution in [1.29, 1.82) is 0 Å². The summed E-state index contributed by atoms with van der Waals surface area (Å²) in [6.45, 7) is 2.62. The van der Waals surface area contributed by atoms with E-state index in [1.165, 1.54) is 7.11 Å². The minimum atomic E-state index is -1.15. The summed E-state index contributed by atoms with van der Waals surface area (Å²) in [5.74, 6) is 1.83. The molecule has 8 heteroatoms. The zero-order valence-electron chi connectivity index (χ0n) is 15.9. The predicted molar refractivity (Wildman–Crippen MR) is 106 cm³/mol. The van der Waals surface area contributed by atoms with Crippen LogP contribution in [0.3, 0.4) is 0 Å². The number of hydrogen-bond acceptors (Lipinski definition) is 6. The maximum Gasteiger partial charge on any atom is 0.311 e. The minimum absolute atomic E-state index is 0.0274. The van der Waals surface area contributed by atoms with Gasteiger partial charge in [-0.3, -0.25) is 14.3 Å². The standard InChI is InChI=1S/C20H23NO6S/c1-3-9-26-18-12-20-19(27-13-28(20)24)11-15(18)6-4-5-14-7-8-17(25-2)16(10-14)21(22)23/h7-8,10-12H,3-6,9,13H2,1-2H3. The van der Waals surface area contributed by atoms with Gasteiger partial charge in [0.05, 0.1) is 34.3 Å². The van der Waals surface area contributed by atoms with Gasteiger partial charge >= 0.3 is 5.69 Å². The summed E-state index contributed by atoms with van der Waals surface area (Å²) in [5.41, 5.74) is 1.84.